The first-order valence-corrected chi connectivity index (χ1v) is 6.50. The van der Waals surface area contributed by atoms with E-state index in [-0.39, 0.29) is 16.6 Å². The number of alkyl halides is 3. The Morgan fingerprint density at radius 3 is 2.38 bits per heavy atom. The summed E-state index contributed by atoms with van der Waals surface area (Å²) in [5.41, 5.74) is 1.58. The lowest BCUT2D eigenvalue weighted by Gasteiger charge is -2.23. The largest absolute Gasteiger partial charge is 0.416 e. The smallest absolute Gasteiger partial charge is 0.372 e. The van der Waals surface area contributed by atoms with Crippen LogP contribution >= 0.6 is 11.6 Å². The first-order chi connectivity index (χ1) is 9.66. The van der Waals surface area contributed by atoms with Crippen molar-refractivity contribution >= 4 is 23.2 Å². The highest BCUT2D eigenvalue weighted by Crippen LogP contribution is 2.34. The third-order valence-corrected chi connectivity index (χ3v) is 3.07. The van der Waals surface area contributed by atoms with Crippen molar-refractivity contribution < 1.29 is 22.8 Å². The molecule has 0 aliphatic carbocycles. The maximum Gasteiger partial charge on any atom is 0.416 e. The average Bonchev–Trinajstić information content (AvgIpc) is 2.35. The Kier molecular flexibility index (Phi) is 5.86. The Balaban J connectivity index is 2.97. The lowest BCUT2D eigenvalue weighted by atomic mass is 10.0. The first kappa shape index (κ1) is 17.6. The molecule has 0 saturated heterocycles. The molecular weight excluding hydrogens is 309 g/mol. The van der Waals surface area contributed by atoms with Crippen molar-refractivity contribution in [2.75, 3.05) is 12.4 Å². The van der Waals surface area contributed by atoms with E-state index in [4.69, 9.17) is 11.6 Å². The van der Waals surface area contributed by atoms with Gasteiger partial charge in [-0.05, 0) is 24.1 Å². The number of amides is 1. The molecule has 0 heterocycles. The fourth-order valence-corrected chi connectivity index (χ4v) is 1.91. The normalized spacial score (nSPS) is 13.1. The summed E-state index contributed by atoms with van der Waals surface area (Å²) in [4.78, 5) is 16.4. The molecule has 1 amide bonds. The Morgan fingerprint density at radius 1 is 1.33 bits per heavy atom. The van der Waals surface area contributed by atoms with E-state index in [1.165, 1.54) is 13.2 Å². The molecule has 8 heteroatoms. The van der Waals surface area contributed by atoms with Gasteiger partial charge in [0, 0.05) is 0 Å². The van der Waals surface area contributed by atoms with E-state index in [9.17, 15) is 18.0 Å². The van der Waals surface area contributed by atoms with Gasteiger partial charge in [0.15, 0.2) is 0 Å². The minimum absolute atomic E-state index is 0.110. The summed E-state index contributed by atoms with van der Waals surface area (Å²) in [6, 6.07) is 2.22. The van der Waals surface area contributed by atoms with Crippen LogP contribution in [0.25, 0.3) is 0 Å². The number of hydroxylamine groups is 1. The number of halogens is 4. The summed E-state index contributed by atoms with van der Waals surface area (Å²) in [5, 5.41) is 2.71. The minimum Gasteiger partial charge on any atom is -0.372 e. The van der Waals surface area contributed by atoms with Crippen LogP contribution in [0.1, 0.15) is 19.4 Å². The molecule has 0 radical (unpaired) electrons. The van der Waals surface area contributed by atoms with Crippen molar-refractivity contribution in [2.24, 2.45) is 5.92 Å². The van der Waals surface area contributed by atoms with E-state index in [1.54, 1.807) is 13.8 Å². The van der Waals surface area contributed by atoms with E-state index in [0.717, 1.165) is 12.1 Å². The van der Waals surface area contributed by atoms with Gasteiger partial charge >= 0.3 is 6.18 Å². The van der Waals surface area contributed by atoms with Crippen LogP contribution in [0.4, 0.5) is 18.9 Å². The van der Waals surface area contributed by atoms with Crippen LogP contribution < -0.4 is 10.8 Å². The molecule has 0 aliphatic rings. The van der Waals surface area contributed by atoms with Crippen LogP contribution in [0.2, 0.25) is 5.02 Å². The molecule has 1 atom stereocenters. The van der Waals surface area contributed by atoms with Crippen LogP contribution in [0.15, 0.2) is 18.2 Å². The number of carbonyl (C=O) groups is 1. The van der Waals surface area contributed by atoms with Crippen molar-refractivity contribution in [3.05, 3.63) is 28.8 Å². The second-order valence-electron chi connectivity index (χ2n) is 4.73. The van der Waals surface area contributed by atoms with Gasteiger partial charge in [-0.3, -0.25) is 9.63 Å². The van der Waals surface area contributed by atoms with E-state index >= 15 is 0 Å². The number of nitrogens with one attached hydrogen (secondary N) is 2. The van der Waals surface area contributed by atoms with Crippen molar-refractivity contribution in [3.63, 3.8) is 0 Å². The SMILES string of the molecule is CONC(=O)[C@@H](Nc1ccc(C(F)(F)F)cc1Cl)C(C)C. The maximum absolute atomic E-state index is 12.6. The van der Waals surface area contributed by atoms with Crippen molar-refractivity contribution in [1.82, 2.24) is 5.48 Å². The summed E-state index contributed by atoms with van der Waals surface area (Å²) in [5.74, 6) is -0.568. The highest BCUT2D eigenvalue weighted by molar-refractivity contribution is 6.33. The third-order valence-electron chi connectivity index (χ3n) is 2.76. The van der Waals surface area contributed by atoms with E-state index < -0.39 is 23.7 Å². The van der Waals surface area contributed by atoms with Gasteiger partial charge in [-0.15, -0.1) is 0 Å². The molecule has 0 fully saturated rings. The second-order valence-corrected chi connectivity index (χ2v) is 5.14. The molecule has 0 unspecified atom stereocenters. The Bertz CT molecular complexity index is 507. The highest BCUT2D eigenvalue weighted by atomic mass is 35.5. The van der Waals surface area contributed by atoms with Crippen LogP contribution in [0.5, 0.6) is 0 Å². The number of hydrogen-bond donors (Lipinski definition) is 2. The number of benzene rings is 1. The zero-order chi connectivity index (χ0) is 16.2. The molecule has 0 spiro atoms. The molecule has 118 valence electrons. The summed E-state index contributed by atoms with van der Waals surface area (Å²) in [6.45, 7) is 3.57. The topological polar surface area (TPSA) is 50.4 Å². The molecule has 0 saturated carbocycles. The second kappa shape index (κ2) is 7.00. The molecule has 1 aromatic carbocycles. The van der Waals surface area contributed by atoms with Crippen LogP contribution in [-0.2, 0) is 15.8 Å². The van der Waals surface area contributed by atoms with Crippen molar-refractivity contribution in [2.45, 2.75) is 26.1 Å². The van der Waals surface area contributed by atoms with Crippen LogP contribution in [0.3, 0.4) is 0 Å². The number of carbonyl (C=O) groups excluding carboxylic acids is 1. The molecule has 2 N–H and O–H groups in total. The molecule has 21 heavy (non-hydrogen) atoms. The van der Waals surface area contributed by atoms with Gasteiger partial charge in [0.25, 0.3) is 5.91 Å². The van der Waals surface area contributed by atoms with E-state index in [1.807, 2.05) is 0 Å². The van der Waals surface area contributed by atoms with Crippen LogP contribution in [0, 0.1) is 5.92 Å². The highest BCUT2D eigenvalue weighted by Gasteiger charge is 2.31. The number of rotatable bonds is 5. The molecule has 0 aromatic heterocycles. The summed E-state index contributed by atoms with van der Waals surface area (Å²) >= 11 is 5.84. The molecule has 1 rings (SSSR count). The predicted octanol–water partition coefficient (Wildman–Crippen LogP) is 3.47. The standard InChI is InChI=1S/C13H16ClF3N2O2/c1-7(2)11(12(20)19-21-3)18-10-5-4-8(6-9(10)14)13(15,16)17/h4-7,11,18H,1-3H3,(H,19,20)/t11-/m0/s1. The molecule has 0 bridgehead atoms. The zero-order valence-electron chi connectivity index (χ0n) is 11.7. The fourth-order valence-electron chi connectivity index (χ4n) is 1.68. The van der Waals surface area contributed by atoms with Crippen molar-refractivity contribution in [3.8, 4) is 0 Å². The van der Waals surface area contributed by atoms with Gasteiger partial charge in [0.2, 0.25) is 0 Å². The van der Waals surface area contributed by atoms with Crippen LogP contribution in [-0.4, -0.2) is 19.1 Å². The Labute approximate surface area is 125 Å². The summed E-state index contributed by atoms with van der Waals surface area (Å²) in [7, 11) is 1.29. The summed E-state index contributed by atoms with van der Waals surface area (Å²) in [6.07, 6.45) is -4.47. The number of anilines is 1. The predicted molar refractivity (Wildman–Crippen MR) is 73.9 cm³/mol. The van der Waals surface area contributed by atoms with Gasteiger partial charge in [0.05, 0.1) is 23.4 Å². The molecule has 4 nitrogen and oxygen atoms in total. The summed E-state index contributed by atoms with van der Waals surface area (Å²) < 4.78 is 37.7. The lowest BCUT2D eigenvalue weighted by molar-refractivity contribution is -0.137. The van der Waals surface area contributed by atoms with E-state index in [2.05, 4.69) is 15.6 Å². The first-order valence-electron chi connectivity index (χ1n) is 6.13. The van der Waals surface area contributed by atoms with Crippen molar-refractivity contribution in [1.29, 1.82) is 0 Å². The zero-order valence-corrected chi connectivity index (χ0v) is 12.5. The monoisotopic (exact) mass is 324 g/mol. The van der Waals surface area contributed by atoms with Gasteiger partial charge in [-0.25, -0.2) is 5.48 Å². The average molecular weight is 325 g/mol. The van der Waals surface area contributed by atoms with Gasteiger partial charge in [-0.2, -0.15) is 13.2 Å². The Hall–Kier alpha value is -1.47. The molecular formula is C13H16ClF3N2O2. The minimum atomic E-state index is -4.47. The molecule has 1 aromatic rings. The maximum atomic E-state index is 12.6. The fraction of sp³-hybridized carbons (Fsp3) is 0.462. The molecule has 0 aliphatic heterocycles. The van der Waals surface area contributed by atoms with Gasteiger partial charge in [-0.1, -0.05) is 25.4 Å². The van der Waals surface area contributed by atoms with E-state index in [0.29, 0.717) is 0 Å². The Morgan fingerprint density at radius 2 is 1.95 bits per heavy atom. The van der Waals surface area contributed by atoms with Gasteiger partial charge in [0.1, 0.15) is 6.04 Å². The van der Waals surface area contributed by atoms with Gasteiger partial charge < -0.3 is 5.32 Å². The third kappa shape index (κ3) is 4.78. The quantitative estimate of drug-likeness (QED) is 0.815. The lowest BCUT2D eigenvalue weighted by Crippen LogP contribution is -2.42. The number of hydrogen-bond acceptors (Lipinski definition) is 3.